The highest BCUT2D eigenvalue weighted by Gasteiger charge is 2.35. The van der Waals surface area contributed by atoms with Crippen LogP contribution in [0.4, 0.5) is 18.9 Å². The molecule has 1 saturated carbocycles. The summed E-state index contributed by atoms with van der Waals surface area (Å²) in [5.74, 6) is 0.0657. The minimum atomic E-state index is -4.49. The number of hydrogen-bond donors (Lipinski definition) is 1. The van der Waals surface area contributed by atoms with Crippen LogP contribution in [0.2, 0.25) is 0 Å². The van der Waals surface area contributed by atoms with Gasteiger partial charge in [-0.05, 0) is 62.2 Å². The number of nitrogens with one attached hydrogen (secondary N) is 1. The topological polar surface area (TPSA) is 55.9 Å². The van der Waals surface area contributed by atoms with E-state index in [0.717, 1.165) is 42.1 Å². The molecule has 0 atom stereocenters. The number of anilines is 1. The molecule has 6 nitrogen and oxygen atoms in total. The highest BCUT2D eigenvalue weighted by molar-refractivity contribution is 5.83. The van der Waals surface area contributed by atoms with Crippen LogP contribution in [0.3, 0.4) is 0 Å². The first-order valence-corrected chi connectivity index (χ1v) is 12.3. The van der Waals surface area contributed by atoms with Crippen LogP contribution in [-0.4, -0.2) is 66.8 Å². The maximum absolute atomic E-state index is 13.5. The van der Waals surface area contributed by atoms with E-state index in [1.165, 1.54) is 17.0 Å². The van der Waals surface area contributed by atoms with Crippen molar-refractivity contribution in [1.82, 2.24) is 14.7 Å². The first-order valence-electron chi connectivity index (χ1n) is 12.3. The maximum atomic E-state index is 13.5. The first kappa shape index (κ1) is 26.0. The Balaban J connectivity index is 1.47. The molecule has 4 rings (SSSR count). The highest BCUT2D eigenvalue weighted by Crippen LogP contribution is 2.34. The van der Waals surface area contributed by atoms with Crippen molar-refractivity contribution in [3.05, 3.63) is 64.7 Å². The van der Waals surface area contributed by atoms with Gasteiger partial charge >= 0.3 is 6.18 Å². The van der Waals surface area contributed by atoms with Crippen LogP contribution in [-0.2, 0) is 35.3 Å². The number of alkyl halides is 3. The molecule has 0 unspecified atom stereocenters. The summed E-state index contributed by atoms with van der Waals surface area (Å²) >= 11 is 0. The van der Waals surface area contributed by atoms with Gasteiger partial charge in [0.25, 0.3) is 0 Å². The zero-order valence-electron chi connectivity index (χ0n) is 20.8. The molecule has 1 fully saturated rings. The van der Waals surface area contributed by atoms with E-state index < -0.39 is 11.7 Å². The van der Waals surface area contributed by atoms with Gasteiger partial charge in [0.15, 0.2) is 0 Å². The Morgan fingerprint density at radius 3 is 2.50 bits per heavy atom. The van der Waals surface area contributed by atoms with E-state index in [2.05, 4.69) is 5.32 Å². The minimum Gasteiger partial charge on any atom is -0.376 e. The van der Waals surface area contributed by atoms with Gasteiger partial charge in [-0.1, -0.05) is 30.3 Å². The fourth-order valence-corrected chi connectivity index (χ4v) is 4.56. The zero-order valence-corrected chi connectivity index (χ0v) is 20.8. The first-order chi connectivity index (χ1) is 17.1. The second-order valence-electron chi connectivity index (χ2n) is 9.85. The number of halogens is 3. The Morgan fingerprint density at radius 1 is 1.06 bits per heavy atom. The molecule has 1 heterocycles. The molecule has 1 aliphatic carbocycles. The average Bonchev–Trinajstić information content (AvgIpc) is 3.69. The van der Waals surface area contributed by atoms with Crippen LogP contribution in [0.15, 0.2) is 42.5 Å². The number of benzene rings is 2. The Morgan fingerprint density at radius 2 is 1.81 bits per heavy atom. The molecule has 2 aromatic rings. The number of hydrogen-bond acceptors (Lipinski definition) is 4. The number of amides is 2. The molecule has 9 heteroatoms. The monoisotopic (exact) mass is 502 g/mol. The lowest BCUT2D eigenvalue weighted by atomic mass is 9.97. The summed E-state index contributed by atoms with van der Waals surface area (Å²) in [7, 11) is 3.71. The lowest BCUT2D eigenvalue weighted by molar-refractivity contribution is -0.139. The fraction of sp³-hybridized carbons (Fsp3) is 0.481. The fourth-order valence-electron chi connectivity index (χ4n) is 4.56. The molecule has 0 radical (unpaired) electrons. The third-order valence-electron chi connectivity index (χ3n) is 6.80. The summed E-state index contributed by atoms with van der Waals surface area (Å²) in [6.45, 7) is 1.86. The molecule has 2 amide bonds. The summed E-state index contributed by atoms with van der Waals surface area (Å²) in [5.41, 5.74) is 2.29. The summed E-state index contributed by atoms with van der Waals surface area (Å²) < 4.78 is 40.6. The molecular weight excluding hydrogens is 469 g/mol. The smallest absolute Gasteiger partial charge is 0.376 e. The van der Waals surface area contributed by atoms with Gasteiger partial charge in [0.05, 0.1) is 12.1 Å². The maximum Gasteiger partial charge on any atom is 0.416 e. The van der Waals surface area contributed by atoms with Gasteiger partial charge < -0.3 is 20.0 Å². The van der Waals surface area contributed by atoms with Gasteiger partial charge in [-0.3, -0.25) is 9.59 Å². The average molecular weight is 503 g/mol. The second kappa shape index (κ2) is 10.9. The molecular formula is C27H33F3N4O2. The second-order valence-corrected chi connectivity index (χ2v) is 9.85. The van der Waals surface area contributed by atoms with E-state index >= 15 is 0 Å². The third kappa shape index (κ3) is 6.37. The molecule has 2 aliphatic rings. The van der Waals surface area contributed by atoms with E-state index in [1.54, 1.807) is 6.07 Å². The van der Waals surface area contributed by atoms with Crippen molar-refractivity contribution in [3.8, 4) is 0 Å². The summed E-state index contributed by atoms with van der Waals surface area (Å²) in [6.07, 6.45) is -1.81. The molecule has 0 saturated heterocycles. The Kier molecular flexibility index (Phi) is 7.88. The highest BCUT2D eigenvalue weighted by atomic mass is 19.4. The molecule has 194 valence electrons. The van der Waals surface area contributed by atoms with Crippen LogP contribution >= 0.6 is 0 Å². The van der Waals surface area contributed by atoms with Crippen LogP contribution in [0, 0.1) is 5.92 Å². The quantitative estimate of drug-likeness (QED) is 0.563. The Hall–Kier alpha value is -3.07. The van der Waals surface area contributed by atoms with Crippen molar-refractivity contribution in [2.24, 2.45) is 5.92 Å². The molecule has 36 heavy (non-hydrogen) atoms. The van der Waals surface area contributed by atoms with Crippen molar-refractivity contribution in [3.63, 3.8) is 0 Å². The number of fused-ring (bicyclic) bond motifs is 1. The number of carbonyl (C=O) groups is 2. The van der Waals surface area contributed by atoms with Gasteiger partial charge in [-0.25, -0.2) is 0 Å². The molecule has 0 spiro atoms. The Labute approximate surface area is 210 Å². The van der Waals surface area contributed by atoms with Crippen LogP contribution in [0.1, 0.15) is 35.1 Å². The summed E-state index contributed by atoms with van der Waals surface area (Å²) in [4.78, 5) is 31.1. The van der Waals surface area contributed by atoms with Gasteiger partial charge in [0.2, 0.25) is 11.8 Å². The molecule has 2 aromatic carbocycles. The largest absolute Gasteiger partial charge is 0.416 e. The Bertz CT molecular complexity index is 1100. The predicted molar refractivity (Wildman–Crippen MR) is 132 cm³/mol. The van der Waals surface area contributed by atoms with Crippen molar-refractivity contribution in [1.29, 1.82) is 0 Å². The van der Waals surface area contributed by atoms with Crippen molar-refractivity contribution < 1.29 is 22.8 Å². The molecule has 1 N–H and O–H groups in total. The van der Waals surface area contributed by atoms with Crippen molar-refractivity contribution in [2.45, 2.75) is 38.5 Å². The normalized spacial score (nSPS) is 15.6. The summed E-state index contributed by atoms with van der Waals surface area (Å²) in [6, 6.07) is 11.2. The zero-order chi connectivity index (χ0) is 25.9. The van der Waals surface area contributed by atoms with Crippen molar-refractivity contribution in [2.75, 3.05) is 45.6 Å². The van der Waals surface area contributed by atoms with Crippen LogP contribution in [0.25, 0.3) is 0 Å². The predicted octanol–water partition coefficient (Wildman–Crippen LogP) is 4.00. The number of carbonyl (C=O) groups excluding carboxylic acids is 2. The standard InChI is InChI=1S/C27H33F3N4O2/c1-32(2)14-15-33(17-21-6-3-4-8-23(21)27(28,29)30)25(35)16-31-24-9-5-7-19-12-13-34(18-22(19)24)26(36)20-10-11-20/h3-9,20,31H,10-18H2,1-2H3. The third-order valence-corrected chi connectivity index (χ3v) is 6.80. The van der Waals surface area contributed by atoms with Gasteiger partial charge in [-0.15, -0.1) is 0 Å². The molecule has 1 aliphatic heterocycles. The van der Waals surface area contributed by atoms with E-state index in [9.17, 15) is 22.8 Å². The van der Waals surface area contributed by atoms with E-state index in [4.69, 9.17) is 0 Å². The van der Waals surface area contributed by atoms with E-state index in [0.29, 0.717) is 26.2 Å². The summed E-state index contributed by atoms with van der Waals surface area (Å²) in [5, 5.41) is 3.21. The van der Waals surface area contributed by atoms with Gasteiger partial charge in [-0.2, -0.15) is 13.2 Å². The molecule has 0 bridgehead atoms. The van der Waals surface area contributed by atoms with Crippen LogP contribution < -0.4 is 5.32 Å². The van der Waals surface area contributed by atoms with Crippen LogP contribution in [0.5, 0.6) is 0 Å². The molecule has 0 aromatic heterocycles. The number of nitrogens with zero attached hydrogens (tertiary/aromatic N) is 3. The van der Waals surface area contributed by atoms with E-state index in [1.807, 2.05) is 42.1 Å². The minimum absolute atomic E-state index is 0.0470. The lowest BCUT2D eigenvalue weighted by Gasteiger charge is -2.31. The number of rotatable bonds is 9. The SMILES string of the molecule is CN(C)CCN(Cc1ccccc1C(F)(F)F)C(=O)CNc1cccc2c1CN(C(=O)C1CC1)CC2. The van der Waals surface area contributed by atoms with Gasteiger partial charge in [0, 0.05) is 44.3 Å². The number of likely N-dealkylation sites (N-methyl/N-ethyl adjacent to an activating group) is 1. The lowest BCUT2D eigenvalue weighted by Crippen LogP contribution is -2.40. The van der Waals surface area contributed by atoms with E-state index in [-0.39, 0.29) is 36.4 Å². The van der Waals surface area contributed by atoms with Crippen molar-refractivity contribution >= 4 is 17.5 Å². The van der Waals surface area contributed by atoms with Gasteiger partial charge in [0.1, 0.15) is 0 Å².